The van der Waals surface area contributed by atoms with Gasteiger partial charge in [0.15, 0.2) is 29.0 Å². The third-order valence-electron chi connectivity index (χ3n) is 5.08. The number of rotatable bonds is 7. The Hall–Kier alpha value is -4.54. The Morgan fingerprint density at radius 3 is 2.94 bits per heavy atom. The number of fused-ring (bicyclic) bond motifs is 1. The molecule has 0 bridgehead atoms. The number of oxazole rings is 1. The molecule has 1 amide bonds. The van der Waals surface area contributed by atoms with E-state index >= 15 is 0 Å². The predicted molar refractivity (Wildman–Crippen MR) is 119 cm³/mol. The lowest BCUT2D eigenvalue weighted by Crippen LogP contribution is -2.13. The van der Waals surface area contributed by atoms with Crippen LogP contribution in [0.5, 0.6) is 5.88 Å². The zero-order valence-corrected chi connectivity index (χ0v) is 18.0. The minimum atomic E-state index is -0.371. The molecule has 5 rings (SSSR count). The van der Waals surface area contributed by atoms with E-state index in [0.29, 0.717) is 41.6 Å². The molecule has 0 unspecified atom stereocenters. The fourth-order valence-electron chi connectivity index (χ4n) is 3.52. The number of carbonyl (C=O) groups is 1. The maximum absolute atomic E-state index is 12.8. The Bertz CT molecular complexity index is 1430. The smallest absolute Gasteiger partial charge is 0.278 e. The van der Waals surface area contributed by atoms with E-state index in [9.17, 15) is 4.79 Å². The topological polar surface area (TPSA) is 126 Å². The SMILES string of the molecule is COc1ncnc2c1ncn2CCn1cc(NC(=O)c2ncoc2-c2cccc(C)c2)cn1. The number of imidazole rings is 1. The van der Waals surface area contributed by atoms with E-state index in [2.05, 4.69) is 30.4 Å². The second-order valence-corrected chi connectivity index (χ2v) is 7.34. The summed E-state index contributed by atoms with van der Waals surface area (Å²) < 4.78 is 14.3. The number of anilines is 1. The maximum atomic E-state index is 12.8. The molecule has 33 heavy (non-hydrogen) atoms. The van der Waals surface area contributed by atoms with Crippen LogP contribution in [0.3, 0.4) is 0 Å². The lowest BCUT2D eigenvalue weighted by molar-refractivity contribution is 0.102. The Labute approximate surface area is 188 Å². The number of hydrogen-bond acceptors (Lipinski definition) is 8. The number of carbonyl (C=O) groups excluding carboxylic acids is 1. The molecule has 1 aromatic carbocycles. The van der Waals surface area contributed by atoms with Crippen molar-refractivity contribution >= 4 is 22.8 Å². The Balaban J connectivity index is 1.27. The van der Waals surface area contributed by atoms with Crippen LogP contribution in [0.1, 0.15) is 16.1 Å². The van der Waals surface area contributed by atoms with Crippen LogP contribution >= 0.6 is 0 Å². The summed E-state index contributed by atoms with van der Waals surface area (Å²) in [6.07, 6.45) is 7.73. The zero-order chi connectivity index (χ0) is 22.8. The van der Waals surface area contributed by atoms with E-state index in [4.69, 9.17) is 9.15 Å². The van der Waals surface area contributed by atoms with Gasteiger partial charge in [0.05, 0.1) is 31.9 Å². The molecular formula is C22H20N8O3. The average molecular weight is 444 g/mol. The second kappa shape index (κ2) is 8.54. The highest BCUT2D eigenvalue weighted by molar-refractivity contribution is 6.06. The molecule has 166 valence electrons. The van der Waals surface area contributed by atoms with Gasteiger partial charge in [0.25, 0.3) is 5.91 Å². The van der Waals surface area contributed by atoms with Gasteiger partial charge < -0.3 is 19.0 Å². The van der Waals surface area contributed by atoms with E-state index in [1.807, 2.05) is 35.8 Å². The van der Waals surface area contributed by atoms with Crippen molar-refractivity contribution in [2.75, 3.05) is 12.4 Å². The highest BCUT2D eigenvalue weighted by atomic mass is 16.5. The molecule has 0 saturated carbocycles. The van der Waals surface area contributed by atoms with Crippen LogP contribution in [0, 0.1) is 6.92 Å². The number of nitrogens with one attached hydrogen (secondary N) is 1. The van der Waals surface area contributed by atoms with E-state index in [-0.39, 0.29) is 11.6 Å². The predicted octanol–water partition coefficient (Wildman–Crippen LogP) is 2.95. The Morgan fingerprint density at radius 1 is 1.18 bits per heavy atom. The molecule has 0 atom stereocenters. The van der Waals surface area contributed by atoms with Crippen LogP contribution in [-0.2, 0) is 13.1 Å². The van der Waals surface area contributed by atoms with Crippen LogP contribution in [0.25, 0.3) is 22.5 Å². The third kappa shape index (κ3) is 4.03. The molecule has 0 aliphatic rings. The summed E-state index contributed by atoms with van der Waals surface area (Å²) in [5.41, 5.74) is 3.90. The summed E-state index contributed by atoms with van der Waals surface area (Å²) >= 11 is 0. The van der Waals surface area contributed by atoms with Crippen LogP contribution in [0.15, 0.2) is 60.1 Å². The van der Waals surface area contributed by atoms with Crippen molar-refractivity contribution in [1.29, 1.82) is 0 Å². The van der Waals surface area contributed by atoms with Crippen LogP contribution in [-0.4, -0.2) is 47.3 Å². The van der Waals surface area contributed by atoms with Crippen molar-refractivity contribution in [2.24, 2.45) is 0 Å². The number of hydrogen-bond donors (Lipinski definition) is 1. The van der Waals surface area contributed by atoms with E-state index in [1.165, 1.54) is 12.7 Å². The molecule has 0 fully saturated rings. The molecule has 0 aliphatic carbocycles. The number of amides is 1. The monoisotopic (exact) mass is 444 g/mol. The van der Waals surface area contributed by atoms with Crippen molar-refractivity contribution in [1.82, 2.24) is 34.3 Å². The van der Waals surface area contributed by atoms with Gasteiger partial charge in [0.1, 0.15) is 6.33 Å². The van der Waals surface area contributed by atoms with Crippen molar-refractivity contribution in [3.8, 4) is 17.2 Å². The first kappa shape index (κ1) is 20.4. The van der Waals surface area contributed by atoms with Crippen LogP contribution in [0.4, 0.5) is 5.69 Å². The number of nitrogens with zero attached hydrogens (tertiary/aromatic N) is 7. The normalized spacial score (nSPS) is 11.1. The molecule has 0 aliphatic heterocycles. The summed E-state index contributed by atoms with van der Waals surface area (Å²) in [6.45, 7) is 3.10. The van der Waals surface area contributed by atoms with Gasteiger partial charge in [-0.2, -0.15) is 10.1 Å². The standard InChI is InChI=1S/C22H20N8O3/c1-14-4-3-5-15(8-14)19-17(26-13-33-19)21(31)28-16-9-27-30(10-16)7-6-29-12-25-18-20(29)23-11-24-22(18)32-2/h3-5,8-13H,6-7H2,1-2H3,(H,28,31). The number of benzene rings is 1. The summed E-state index contributed by atoms with van der Waals surface area (Å²) in [5.74, 6) is 0.484. The van der Waals surface area contributed by atoms with E-state index in [1.54, 1.807) is 30.5 Å². The number of aryl methyl sites for hydroxylation is 3. The minimum Gasteiger partial charge on any atom is -0.479 e. The summed E-state index contributed by atoms with van der Waals surface area (Å²) in [6, 6.07) is 7.70. The third-order valence-corrected chi connectivity index (χ3v) is 5.08. The van der Waals surface area contributed by atoms with Gasteiger partial charge in [-0.15, -0.1) is 0 Å². The quantitative estimate of drug-likeness (QED) is 0.406. The Morgan fingerprint density at radius 2 is 2.09 bits per heavy atom. The molecule has 0 radical (unpaired) electrons. The van der Waals surface area contributed by atoms with Crippen molar-refractivity contribution in [3.05, 3.63) is 67.0 Å². The second-order valence-electron chi connectivity index (χ2n) is 7.34. The molecule has 1 N–H and O–H groups in total. The number of ether oxygens (including phenoxy) is 1. The van der Waals surface area contributed by atoms with Crippen molar-refractivity contribution in [3.63, 3.8) is 0 Å². The number of methoxy groups -OCH3 is 1. The van der Waals surface area contributed by atoms with Gasteiger partial charge in [-0.1, -0.05) is 23.8 Å². The first-order chi connectivity index (χ1) is 16.1. The molecule has 0 spiro atoms. The highest BCUT2D eigenvalue weighted by Gasteiger charge is 2.19. The molecule has 11 heteroatoms. The molecule has 5 aromatic rings. The van der Waals surface area contributed by atoms with Crippen LogP contribution in [0.2, 0.25) is 0 Å². The zero-order valence-electron chi connectivity index (χ0n) is 18.0. The summed E-state index contributed by atoms with van der Waals surface area (Å²) in [7, 11) is 1.54. The first-order valence-corrected chi connectivity index (χ1v) is 10.2. The van der Waals surface area contributed by atoms with E-state index < -0.39 is 0 Å². The number of aromatic nitrogens is 7. The van der Waals surface area contributed by atoms with Gasteiger partial charge >= 0.3 is 0 Å². The maximum Gasteiger partial charge on any atom is 0.278 e. The van der Waals surface area contributed by atoms with Crippen molar-refractivity contribution in [2.45, 2.75) is 20.0 Å². The van der Waals surface area contributed by atoms with Gasteiger partial charge in [0.2, 0.25) is 5.88 Å². The lowest BCUT2D eigenvalue weighted by Gasteiger charge is -2.05. The van der Waals surface area contributed by atoms with Gasteiger partial charge in [-0.25, -0.2) is 15.0 Å². The fourth-order valence-corrected chi connectivity index (χ4v) is 3.52. The largest absolute Gasteiger partial charge is 0.479 e. The van der Waals surface area contributed by atoms with Gasteiger partial charge in [-0.05, 0) is 13.0 Å². The molecule has 4 aromatic heterocycles. The first-order valence-electron chi connectivity index (χ1n) is 10.2. The minimum absolute atomic E-state index is 0.215. The fraction of sp³-hybridized carbons (Fsp3) is 0.182. The average Bonchev–Trinajstić information content (AvgIpc) is 3.57. The Kier molecular flexibility index (Phi) is 5.27. The van der Waals surface area contributed by atoms with Gasteiger partial charge in [-0.3, -0.25) is 9.48 Å². The van der Waals surface area contributed by atoms with Gasteiger partial charge in [0, 0.05) is 18.3 Å². The lowest BCUT2D eigenvalue weighted by atomic mass is 10.1. The van der Waals surface area contributed by atoms with Crippen LogP contribution < -0.4 is 10.1 Å². The van der Waals surface area contributed by atoms with Crippen molar-refractivity contribution < 1.29 is 13.9 Å². The summed E-state index contributed by atoms with van der Waals surface area (Å²) in [5, 5.41) is 7.15. The van der Waals surface area contributed by atoms with E-state index in [0.717, 1.165) is 11.1 Å². The molecule has 11 nitrogen and oxygen atoms in total. The highest BCUT2D eigenvalue weighted by Crippen LogP contribution is 2.25. The molecule has 4 heterocycles. The summed E-state index contributed by atoms with van der Waals surface area (Å²) in [4.78, 5) is 29.6. The molecule has 0 saturated heterocycles. The molecular weight excluding hydrogens is 424 g/mol.